The van der Waals surface area contributed by atoms with Crippen LogP contribution in [0.3, 0.4) is 0 Å². The Morgan fingerprint density at radius 1 is 1.05 bits per heavy atom. The van der Waals surface area contributed by atoms with Crippen molar-refractivity contribution in [1.82, 2.24) is 0 Å². The Morgan fingerprint density at radius 3 is 2.45 bits per heavy atom. The first-order valence-corrected chi connectivity index (χ1v) is 6.64. The highest BCUT2D eigenvalue weighted by Gasteiger charge is 2.33. The van der Waals surface area contributed by atoms with E-state index in [4.69, 9.17) is 4.84 Å². The van der Waals surface area contributed by atoms with E-state index < -0.39 is 0 Å². The van der Waals surface area contributed by atoms with Crippen LogP contribution in [0.2, 0.25) is 0 Å². The third-order valence-corrected chi connectivity index (χ3v) is 3.48. The molecule has 1 aliphatic rings. The molecule has 0 saturated heterocycles. The minimum atomic E-state index is -0.319. The number of hydrogen-bond acceptors (Lipinski definition) is 3. The number of oxime groups is 1. The van der Waals surface area contributed by atoms with Crippen LogP contribution in [0.25, 0.3) is 0 Å². The van der Waals surface area contributed by atoms with E-state index in [1.165, 1.54) is 5.56 Å². The fourth-order valence-electron chi connectivity index (χ4n) is 2.34. The summed E-state index contributed by atoms with van der Waals surface area (Å²) in [4.78, 5) is 16.8. The highest BCUT2D eigenvalue weighted by molar-refractivity contribution is 6.14. The number of rotatable bonds is 3. The van der Waals surface area contributed by atoms with Crippen molar-refractivity contribution in [1.29, 1.82) is 0 Å². The maximum atomic E-state index is 11.9. The summed E-state index contributed by atoms with van der Waals surface area (Å²) in [6, 6.07) is 17.9. The average Bonchev–Trinajstić information content (AvgIpc) is 2.84. The Hall–Kier alpha value is -2.42. The topological polar surface area (TPSA) is 38.7 Å². The minimum Gasteiger partial charge on any atom is -0.317 e. The first kappa shape index (κ1) is 12.6. The molecule has 0 bridgehead atoms. The van der Waals surface area contributed by atoms with Crippen LogP contribution in [-0.4, -0.2) is 11.7 Å². The molecule has 1 unspecified atom stereocenters. The Morgan fingerprint density at radius 2 is 1.75 bits per heavy atom. The Balaban J connectivity index is 1.85. The number of carbonyl (C=O) groups is 1. The van der Waals surface area contributed by atoms with E-state index in [9.17, 15) is 4.79 Å². The molecule has 0 saturated carbocycles. The summed E-state index contributed by atoms with van der Waals surface area (Å²) in [5, 5.41) is 3.95. The van der Waals surface area contributed by atoms with E-state index in [1.807, 2.05) is 49.4 Å². The summed E-state index contributed by atoms with van der Waals surface area (Å²) in [7, 11) is 0. The molecule has 20 heavy (non-hydrogen) atoms. The highest BCUT2D eigenvalue weighted by atomic mass is 16.7. The molecule has 3 nitrogen and oxygen atoms in total. The van der Waals surface area contributed by atoms with Gasteiger partial charge in [-0.1, -0.05) is 65.3 Å². The fourth-order valence-corrected chi connectivity index (χ4v) is 2.34. The van der Waals surface area contributed by atoms with Crippen molar-refractivity contribution < 1.29 is 9.63 Å². The zero-order chi connectivity index (χ0) is 13.9. The third-order valence-electron chi connectivity index (χ3n) is 3.48. The number of hydrogen-bond donors (Lipinski definition) is 0. The summed E-state index contributed by atoms with van der Waals surface area (Å²) in [6.45, 7) is 2.05. The summed E-state index contributed by atoms with van der Waals surface area (Å²) in [6.07, 6.45) is 0.618. The van der Waals surface area contributed by atoms with Crippen LogP contribution in [0.4, 0.5) is 0 Å². The zero-order valence-corrected chi connectivity index (χ0v) is 11.2. The predicted octanol–water partition coefficient (Wildman–Crippen LogP) is 3.11. The lowest BCUT2D eigenvalue weighted by atomic mass is 9.91. The van der Waals surface area contributed by atoms with Gasteiger partial charge in [-0.2, -0.15) is 0 Å². The van der Waals surface area contributed by atoms with Gasteiger partial charge in [0.2, 0.25) is 0 Å². The van der Waals surface area contributed by atoms with Crippen molar-refractivity contribution in [3.05, 3.63) is 71.3 Å². The van der Waals surface area contributed by atoms with Gasteiger partial charge in [-0.15, -0.1) is 0 Å². The van der Waals surface area contributed by atoms with Gasteiger partial charge < -0.3 is 4.84 Å². The van der Waals surface area contributed by atoms with Crippen molar-refractivity contribution in [2.75, 3.05) is 0 Å². The normalized spacial score (nSPS) is 17.8. The van der Waals surface area contributed by atoms with Crippen LogP contribution in [0.5, 0.6) is 0 Å². The first-order chi connectivity index (χ1) is 9.74. The maximum absolute atomic E-state index is 11.9. The molecule has 2 aromatic carbocycles. The van der Waals surface area contributed by atoms with Crippen molar-refractivity contribution >= 4 is 11.7 Å². The molecule has 0 N–H and O–H groups in total. The van der Waals surface area contributed by atoms with Gasteiger partial charge in [0.1, 0.15) is 11.6 Å². The van der Waals surface area contributed by atoms with Crippen LogP contribution in [0, 0.1) is 12.8 Å². The Kier molecular flexibility index (Phi) is 3.33. The molecule has 0 amide bonds. The molecule has 0 fully saturated rings. The van der Waals surface area contributed by atoms with Crippen molar-refractivity contribution in [3.63, 3.8) is 0 Å². The molecule has 2 aromatic rings. The molecular weight excluding hydrogens is 250 g/mol. The third kappa shape index (κ3) is 2.48. The average molecular weight is 265 g/mol. The fraction of sp³-hybridized carbons (Fsp3) is 0.176. The highest BCUT2D eigenvalue weighted by Crippen LogP contribution is 2.22. The summed E-state index contributed by atoms with van der Waals surface area (Å²) in [5.74, 6) is -0.593. The lowest BCUT2D eigenvalue weighted by Crippen LogP contribution is -2.21. The molecule has 100 valence electrons. The van der Waals surface area contributed by atoms with Gasteiger partial charge in [-0.3, -0.25) is 0 Å². The van der Waals surface area contributed by atoms with E-state index >= 15 is 0 Å². The van der Waals surface area contributed by atoms with Crippen LogP contribution in [0.15, 0.2) is 59.8 Å². The monoisotopic (exact) mass is 265 g/mol. The van der Waals surface area contributed by atoms with Crippen molar-refractivity contribution in [2.24, 2.45) is 11.1 Å². The molecule has 1 aliphatic heterocycles. The lowest BCUT2D eigenvalue weighted by Gasteiger charge is -2.09. The molecular formula is C17H15NO2. The summed E-state index contributed by atoms with van der Waals surface area (Å²) in [5.41, 5.74) is 3.98. The number of aryl methyl sites for hydroxylation is 1. The second-order valence-electron chi connectivity index (χ2n) is 5.00. The van der Waals surface area contributed by atoms with Gasteiger partial charge in [0.05, 0.1) is 0 Å². The molecule has 0 spiro atoms. The maximum Gasteiger partial charge on any atom is 0.344 e. The molecule has 0 aromatic heterocycles. The van der Waals surface area contributed by atoms with Gasteiger partial charge in [0.25, 0.3) is 0 Å². The largest absolute Gasteiger partial charge is 0.344 e. The van der Waals surface area contributed by atoms with E-state index in [1.54, 1.807) is 0 Å². The summed E-state index contributed by atoms with van der Waals surface area (Å²) >= 11 is 0. The molecule has 0 aliphatic carbocycles. The lowest BCUT2D eigenvalue weighted by molar-refractivity contribution is -0.143. The molecule has 3 heteroatoms. The zero-order valence-electron chi connectivity index (χ0n) is 11.2. The van der Waals surface area contributed by atoms with Crippen molar-refractivity contribution in [3.8, 4) is 0 Å². The first-order valence-electron chi connectivity index (χ1n) is 6.64. The van der Waals surface area contributed by atoms with E-state index in [2.05, 4.69) is 17.3 Å². The number of benzene rings is 2. The van der Waals surface area contributed by atoms with Gasteiger partial charge in [-0.05, 0) is 18.9 Å². The Labute approximate surface area is 117 Å². The second-order valence-corrected chi connectivity index (χ2v) is 5.00. The van der Waals surface area contributed by atoms with Gasteiger partial charge in [-0.25, -0.2) is 4.79 Å². The van der Waals surface area contributed by atoms with Gasteiger partial charge in [0, 0.05) is 5.56 Å². The molecule has 1 heterocycles. The number of nitrogens with zero attached hydrogens (tertiary/aromatic N) is 1. The summed E-state index contributed by atoms with van der Waals surface area (Å²) < 4.78 is 0. The molecule has 0 radical (unpaired) electrons. The predicted molar refractivity (Wildman–Crippen MR) is 77.4 cm³/mol. The Bertz CT molecular complexity index is 644. The SMILES string of the molecule is Cc1ccc(CC2C(=O)ON=C2c2ccccc2)cc1. The van der Waals surface area contributed by atoms with Crippen LogP contribution in [0.1, 0.15) is 16.7 Å². The second kappa shape index (κ2) is 5.29. The quantitative estimate of drug-likeness (QED) is 0.800. The van der Waals surface area contributed by atoms with Crippen LogP contribution < -0.4 is 0 Å². The number of carbonyl (C=O) groups excluding carboxylic acids is 1. The van der Waals surface area contributed by atoms with Crippen molar-refractivity contribution in [2.45, 2.75) is 13.3 Å². The van der Waals surface area contributed by atoms with E-state index in [-0.39, 0.29) is 11.9 Å². The minimum absolute atomic E-state index is 0.274. The van der Waals surface area contributed by atoms with Gasteiger partial charge in [0.15, 0.2) is 0 Å². The molecule has 1 atom stereocenters. The van der Waals surface area contributed by atoms with E-state index in [0.29, 0.717) is 6.42 Å². The van der Waals surface area contributed by atoms with Crippen LogP contribution in [-0.2, 0) is 16.1 Å². The van der Waals surface area contributed by atoms with Gasteiger partial charge >= 0.3 is 5.97 Å². The standard InChI is InChI=1S/C17H15NO2/c1-12-7-9-13(10-8-12)11-15-16(18-20-17(15)19)14-5-3-2-4-6-14/h2-10,15H,11H2,1H3. The smallest absolute Gasteiger partial charge is 0.317 e. The van der Waals surface area contributed by atoms with Crippen LogP contribution >= 0.6 is 0 Å². The van der Waals surface area contributed by atoms with E-state index in [0.717, 1.165) is 16.8 Å². The molecule has 3 rings (SSSR count).